The molecule has 0 spiro atoms. The molecule has 3 heterocycles. The Balaban J connectivity index is 1.67. The average Bonchev–Trinajstić information content (AvgIpc) is 3.40. The highest BCUT2D eigenvalue weighted by atomic mass is 32.1. The molecule has 0 saturated heterocycles. The Morgan fingerprint density at radius 2 is 2.04 bits per heavy atom. The minimum Gasteiger partial charge on any atom is -0.364 e. The molecular weight excluding hydrogens is 340 g/mol. The lowest BCUT2D eigenvalue weighted by Gasteiger charge is -1.97. The second-order valence-electron chi connectivity index (χ2n) is 5.89. The van der Waals surface area contributed by atoms with Gasteiger partial charge < -0.3 is 9.97 Å². The van der Waals surface area contributed by atoms with Crippen LogP contribution in [-0.4, -0.2) is 19.9 Å². The predicted octanol–water partition coefficient (Wildman–Crippen LogP) is 5.70. The zero-order valence-electron chi connectivity index (χ0n) is 14.4. The van der Waals surface area contributed by atoms with Crippen LogP contribution in [-0.2, 0) is 0 Å². The number of imidazole rings is 1. The highest BCUT2D eigenvalue weighted by Crippen LogP contribution is 2.32. The van der Waals surface area contributed by atoms with Gasteiger partial charge in [0.05, 0.1) is 17.6 Å². The van der Waals surface area contributed by atoms with E-state index in [4.69, 9.17) is 4.98 Å². The fourth-order valence-electron chi connectivity index (χ4n) is 2.82. The van der Waals surface area contributed by atoms with Crippen molar-refractivity contribution in [3.05, 3.63) is 78.1 Å². The van der Waals surface area contributed by atoms with E-state index in [1.165, 1.54) is 0 Å². The Kier molecular flexibility index (Phi) is 4.37. The van der Waals surface area contributed by atoms with E-state index in [9.17, 15) is 0 Å². The summed E-state index contributed by atoms with van der Waals surface area (Å²) in [5.74, 6) is 0.851. The first-order chi connectivity index (χ1) is 12.8. The molecule has 0 fully saturated rings. The summed E-state index contributed by atoms with van der Waals surface area (Å²) in [6.45, 7) is 5.80. The smallest absolute Gasteiger partial charge is 0.142 e. The van der Waals surface area contributed by atoms with Crippen LogP contribution in [0.3, 0.4) is 0 Å². The van der Waals surface area contributed by atoms with Gasteiger partial charge >= 0.3 is 0 Å². The number of nitrogens with one attached hydrogen (secondary N) is 2. The fraction of sp³-hybridized carbons (Fsp3) is 0.0476. The van der Waals surface area contributed by atoms with E-state index in [-0.39, 0.29) is 0 Å². The van der Waals surface area contributed by atoms with Crippen molar-refractivity contribution in [1.82, 2.24) is 19.9 Å². The van der Waals surface area contributed by atoms with Crippen molar-refractivity contribution in [2.24, 2.45) is 0 Å². The maximum atomic E-state index is 4.81. The van der Waals surface area contributed by atoms with Gasteiger partial charge in [0, 0.05) is 34.0 Å². The largest absolute Gasteiger partial charge is 0.364 e. The summed E-state index contributed by atoms with van der Waals surface area (Å²) in [5, 5.41) is 3.00. The lowest BCUT2D eigenvalue weighted by atomic mass is 10.1. The van der Waals surface area contributed by atoms with Crippen LogP contribution in [0.25, 0.3) is 39.4 Å². The van der Waals surface area contributed by atoms with Crippen LogP contribution in [0.4, 0.5) is 0 Å². The van der Waals surface area contributed by atoms with Crippen molar-refractivity contribution >= 4 is 17.4 Å². The number of nitrogens with zero attached hydrogens (tertiary/aromatic N) is 2. The first-order valence-corrected chi connectivity index (χ1v) is 9.18. The summed E-state index contributed by atoms with van der Waals surface area (Å²) >= 11 is 1.61. The molecule has 26 heavy (non-hydrogen) atoms. The summed E-state index contributed by atoms with van der Waals surface area (Å²) in [5.41, 5.74) is 6.28. The van der Waals surface area contributed by atoms with Crippen molar-refractivity contribution in [3.63, 3.8) is 0 Å². The summed E-state index contributed by atoms with van der Waals surface area (Å²) < 4.78 is 0. The van der Waals surface area contributed by atoms with E-state index < -0.39 is 0 Å². The van der Waals surface area contributed by atoms with Crippen molar-refractivity contribution < 1.29 is 0 Å². The van der Waals surface area contributed by atoms with Crippen molar-refractivity contribution in [2.45, 2.75) is 6.92 Å². The molecule has 0 amide bonds. The van der Waals surface area contributed by atoms with E-state index in [2.05, 4.69) is 39.9 Å². The molecule has 5 heteroatoms. The molecule has 0 aliphatic carbocycles. The standard InChI is InChI=1S/C21H18N4S/c1-3-4-10-16-14(2)22-11-17(16)19-13-26-21(25-19)18-12-23-20(24-18)15-8-6-5-7-9-15/h3-13,22H,1H2,2H3,(H,23,24)/b10-4-. The molecule has 4 aromatic rings. The Morgan fingerprint density at radius 1 is 1.19 bits per heavy atom. The van der Waals surface area contributed by atoms with Gasteiger partial charge in [0.15, 0.2) is 0 Å². The number of allylic oxidation sites excluding steroid dienone is 2. The monoisotopic (exact) mass is 358 g/mol. The normalized spacial score (nSPS) is 11.3. The molecule has 0 aliphatic rings. The minimum atomic E-state index is 0.851. The third-order valence-electron chi connectivity index (χ3n) is 4.16. The molecule has 0 aliphatic heterocycles. The average molecular weight is 358 g/mol. The van der Waals surface area contributed by atoms with Gasteiger partial charge in [-0.1, -0.05) is 55.1 Å². The van der Waals surface area contributed by atoms with Crippen LogP contribution >= 0.6 is 11.3 Å². The highest BCUT2D eigenvalue weighted by Gasteiger charge is 2.14. The van der Waals surface area contributed by atoms with Crippen LogP contribution < -0.4 is 0 Å². The number of thiazole rings is 1. The summed E-state index contributed by atoms with van der Waals surface area (Å²) in [7, 11) is 0. The molecule has 0 bridgehead atoms. The van der Waals surface area contributed by atoms with Crippen LogP contribution in [0.1, 0.15) is 11.3 Å². The predicted molar refractivity (Wildman–Crippen MR) is 109 cm³/mol. The maximum Gasteiger partial charge on any atom is 0.142 e. The molecule has 1 aromatic carbocycles. The Morgan fingerprint density at radius 3 is 2.85 bits per heavy atom. The molecule has 0 atom stereocenters. The summed E-state index contributed by atoms with van der Waals surface area (Å²) in [4.78, 5) is 15.9. The van der Waals surface area contributed by atoms with Gasteiger partial charge in [0.2, 0.25) is 0 Å². The van der Waals surface area contributed by atoms with E-state index in [1.807, 2.05) is 48.8 Å². The first-order valence-electron chi connectivity index (χ1n) is 8.30. The number of benzene rings is 1. The highest BCUT2D eigenvalue weighted by molar-refractivity contribution is 7.13. The van der Waals surface area contributed by atoms with Crippen molar-refractivity contribution in [3.8, 4) is 33.3 Å². The van der Waals surface area contributed by atoms with Gasteiger partial charge in [-0.25, -0.2) is 9.97 Å². The number of hydrogen-bond donors (Lipinski definition) is 2. The van der Waals surface area contributed by atoms with Gasteiger partial charge in [-0.2, -0.15) is 0 Å². The van der Waals surface area contributed by atoms with E-state index >= 15 is 0 Å². The summed E-state index contributed by atoms with van der Waals surface area (Å²) in [6, 6.07) is 10.1. The van der Waals surface area contributed by atoms with Gasteiger partial charge in [0.1, 0.15) is 10.8 Å². The van der Waals surface area contributed by atoms with Crippen LogP contribution in [0.5, 0.6) is 0 Å². The molecule has 128 valence electrons. The van der Waals surface area contributed by atoms with E-state index in [0.717, 1.165) is 44.6 Å². The van der Waals surface area contributed by atoms with Gasteiger partial charge in [-0.3, -0.25) is 0 Å². The third-order valence-corrected chi connectivity index (χ3v) is 5.04. The lowest BCUT2D eigenvalue weighted by Crippen LogP contribution is -1.82. The number of aromatic amines is 2. The molecule has 2 N–H and O–H groups in total. The zero-order chi connectivity index (χ0) is 17.9. The fourth-order valence-corrected chi connectivity index (χ4v) is 3.61. The van der Waals surface area contributed by atoms with E-state index in [1.54, 1.807) is 17.4 Å². The van der Waals surface area contributed by atoms with Gasteiger partial charge in [0.25, 0.3) is 0 Å². The number of aromatic nitrogens is 4. The molecule has 4 nitrogen and oxygen atoms in total. The first kappa shape index (κ1) is 16.3. The van der Waals surface area contributed by atoms with Gasteiger partial charge in [-0.05, 0) is 6.92 Å². The number of hydrogen-bond acceptors (Lipinski definition) is 3. The topological polar surface area (TPSA) is 57.4 Å². The minimum absolute atomic E-state index is 0.851. The molecule has 0 saturated carbocycles. The molecular formula is C21H18N4S. The second-order valence-corrected chi connectivity index (χ2v) is 6.74. The molecule has 3 aromatic heterocycles. The quantitative estimate of drug-likeness (QED) is 0.449. The third kappa shape index (κ3) is 3.05. The number of rotatable bonds is 5. The maximum absolute atomic E-state index is 4.81. The number of aryl methyl sites for hydroxylation is 1. The van der Waals surface area contributed by atoms with Gasteiger partial charge in [-0.15, -0.1) is 11.3 Å². The molecule has 0 radical (unpaired) electrons. The molecule has 0 unspecified atom stereocenters. The van der Waals surface area contributed by atoms with Crippen LogP contribution in [0, 0.1) is 6.92 Å². The van der Waals surface area contributed by atoms with Crippen LogP contribution in [0.2, 0.25) is 0 Å². The molecule has 4 rings (SSSR count). The zero-order valence-corrected chi connectivity index (χ0v) is 15.2. The van der Waals surface area contributed by atoms with Crippen LogP contribution in [0.15, 0.2) is 66.8 Å². The van der Waals surface area contributed by atoms with Crippen molar-refractivity contribution in [2.75, 3.05) is 0 Å². The second kappa shape index (κ2) is 6.98. The number of H-pyrrole nitrogens is 2. The Labute approximate surface area is 156 Å². The Bertz CT molecular complexity index is 1070. The SMILES string of the molecule is C=C/C=C\c1c(-c2csc(-c3cnc(-c4ccccc4)[nH]3)n2)c[nH]c1C. The lowest BCUT2D eigenvalue weighted by molar-refractivity contribution is 1.26. The van der Waals surface area contributed by atoms with E-state index in [0.29, 0.717) is 0 Å². The Hall–Kier alpha value is -3.18. The summed E-state index contributed by atoms with van der Waals surface area (Å²) in [6.07, 6.45) is 9.61. The van der Waals surface area contributed by atoms with Crippen molar-refractivity contribution in [1.29, 1.82) is 0 Å².